The lowest BCUT2D eigenvalue weighted by Crippen LogP contribution is -2.32. The molecule has 1 N–H and O–H groups in total. The van der Waals surface area contributed by atoms with Gasteiger partial charge >= 0.3 is 0 Å². The lowest BCUT2D eigenvalue weighted by Gasteiger charge is -2.22. The van der Waals surface area contributed by atoms with Gasteiger partial charge in [-0.2, -0.15) is 0 Å². The molecule has 0 saturated heterocycles. The Morgan fingerprint density at radius 1 is 1.19 bits per heavy atom. The first-order valence-corrected chi connectivity index (χ1v) is 10.9. The summed E-state index contributed by atoms with van der Waals surface area (Å²) in [5.74, 6) is 0.250. The standard InChI is InChI=1S/C23H20ClN3O3S/c1-30-19-11-10-15(24)14-17(19)26-21(28)9-5-13-27-18-7-2-3-8-20(18)31-22-16(23(27)29)6-4-12-25-22/h2-4,6-8,10-12,14H,5,9,13H2,1H3,(H,26,28). The zero-order valence-electron chi connectivity index (χ0n) is 16.8. The number of amides is 2. The second kappa shape index (κ2) is 9.41. The number of hydrogen-bond donors (Lipinski definition) is 1. The molecule has 158 valence electrons. The molecule has 0 fully saturated rings. The molecule has 6 nitrogen and oxygen atoms in total. The number of pyridine rings is 1. The number of nitrogens with zero attached hydrogens (tertiary/aromatic N) is 2. The molecule has 2 heterocycles. The van der Waals surface area contributed by atoms with Gasteiger partial charge in [-0.1, -0.05) is 35.5 Å². The normalized spacial score (nSPS) is 12.6. The highest BCUT2D eigenvalue weighted by molar-refractivity contribution is 7.99. The van der Waals surface area contributed by atoms with Gasteiger partial charge in [-0.15, -0.1) is 0 Å². The minimum atomic E-state index is -0.174. The summed E-state index contributed by atoms with van der Waals surface area (Å²) in [7, 11) is 1.53. The highest BCUT2D eigenvalue weighted by Gasteiger charge is 2.27. The molecule has 2 amide bonds. The maximum atomic E-state index is 13.2. The van der Waals surface area contributed by atoms with Crippen LogP contribution in [-0.2, 0) is 4.79 Å². The van der Waals surface area contributed by atoms with Gasteiger partial charge < -0.3 is 15.0 Å². The molecule has 0 radical (unpaired) electrons. The summed E-state index contributed by atoms with van der Waals surface area (Å²) in [5, 5.41) is 4.03. The number of halogens is 1. The first-order chi connectivity index (χ1) is 15.1. The number of rotatable bonds is 6. The average molecular weight is 454 g/mol. The number of fused-ring (bicyclic) bond motifs is 2. The van der Waals surface area contributed by atoms with Crippen molar-refractivity contribution in [2.45, 2.75) is 22.8 Å². The first kappa shape index (κ1) is 21.2. The molecule has 1 aromatic heterocycles. The Kier molecular flexibility index (Phi) is 6.44. The molecular formula is C23H20ClN3O3S. The van der Waals surface area contributed by atoms with Crippen LogP contribution < -0.4 is 15.0 Å². The Balaban J connectivity index is 1.47. The van der Waals surface area contributed by atoms with Gasteiger partial charge in [0.1, 0.15) is 10.8 Å². The van der Waals surface area contributed by atoms with E-state index in [1.54, 1.807) is 41.4 Å². The molecule has 1 aliphatic rings. The van der Waals surface area contributed by atoms with Gasteiger partial charge in [0.25, 0.3) is 5.91 Å². The molecule has 0 bridgehead atoms. The van der Waals surface area contributed by atoms with E-state index in [0.29, 0.717) is 40.0 Å². The van der Waals surface area contributed by atoms with E-state index in [4.69, 9.17) is 16.3 Å². The second-order valence-corrected chi connectivity index (χ2v) is 8.35. The van der Waals surface area contributed by atoms with Crippen molar-refractivity contribution in [3.63, 3.8) is 0 Å². The number of aromatic nitrogens is 1. The number of benzene rings is 2. The van der Waals surface area contributed by atoms with E-state index in [9.17, 15) is 9.59 Å². The second-order valence-electron chi connectivity index (χ2n) is 6.88. The number of nitrogens with one attached hydrogen (secondary N) is 1. The molecule has 0 atom stereocenters. The summed E-state index contributed by atoms with van der Waals surface area (Å²) in [6.07, 6.45) is 2.43. The van der Waals surface area contributed by atoms with Crippen LogP contribution in [0.25, 0.3) is 0 Å². The van der Waals surface area contributed by atoms with Gasteiger partial charge in [0.2, 0.25) is 5.91 Å². The Hall–Kier alpha value is -3.03. The molecule has 3 aromatic rings. The van der Waals surface area contributed by atoms with E-state index >= 15 is 0 Å². The number of carbonyl (C=O) groups is 2. The molecule has 0 saturated carbocycles. The molecule has 0 unspecified atom stereocenters. The molecule has 1 aliphatic heterocycles. The van der Waals surface area contributed by atoms with Crippen LogP contribution in [0.2, 0.25) is 5.02 Å². The van der Waals surface area contributed by atoms with E-state index < -0.39 is 0 Å². The molecule has 31 heavy (non-hydrogen) atoms. The van der Waals surface area contributed by atoms with Crippen LogP contribution in [0.3, 0.4) is 0 Å². The summed E-state index contributed by atoms with van der Waals surface area (Å²) in [6.45, 7) is 0.408. The number of para-hydroxylation sites is 1. The third-order valence-electron chi connectivity index (χ3n) is 4.83. The van der Waals surface area contributed by atoms with Gasteiger partial charge in [-0.25, -0.2) is 4.98 Å². The summed E-state index contributed by atoms with van der Waals surface area (Å²) in [4.78, 5) is 32.8. The topological polar surface area (TPSA) is 71.5 Å². The molecule has 4 rings (SSSR count). The fraction of sp³-hybridized carbons (Fsp3) is 0.174. The third-order valence-corrected chi connectivity index (χ3v) is 6.15. The lowest BCUT2D eigenvalue weighted by molar-refractivity contribution is -0.116. The minimum absolute atomic E-state index is 0.113. The van der Waals surface area contributed by atoms with Crippen LogP contribution in [0.15, 0.2) is 70.7 Å². The van der Waals surface area contributed by atoms with Crippen molar-refractivity contribution in [3.05, 3.63) is 71.4 Å². The summed E-state index contributed by atoms with van der Waals surface area (Å²) in [6, 6.07) is 16.3. The zero-order valence-corrected chi connectivity index (χ0v) is 18.4. The molecule has 2 aromatic carbocycles. The van der Waals surface area contributed by atoms with E-state index in [1.807, 2.05) is 24.3 Å². The van der Waals surface area contributed by atoms with Crippen LogP contribution in [0.5, 0.6) is 5.75 Å². The fourth-order valence-electron chi connectivity index (χ4n) is 3.37. The van der Waals surface area contributed by atoms with Gasteiger partial charge in [-0.3, -0.25) is 9.59 Å². The molecule has 8 heteroatoms. The number of methoxy groups -OCH3 is 1. The van der Waals surface area contributed by atoms with Crippen LogP contribution in [-0.4, -0.2) is 30.5 Å². The lowest BCUT2D eigenvalue weighted by atomic mass is 10.2. The Morgan fingerprint density at radius 3 is 2.87 bits per heavy atom. The van der Waals surface area contributed by atoms with Gasteiger partial charge in [0, 0.05) is 29.1 Å². The quantitative estimate of drug-likeness (QED) is 0.550. The smallest absolute Gasteiger partial charge is 0.261 e. The largest absolute Gasteiger partial charge is 0.495 e. The van der Waals surface area contributed by atoms with Crippen molar-refractivity contribution < 1.29 is 14.3 Å². The van der Waals surface area contributed by atoms with Crippen molar-refractivity contribution in [2.24, 2.45) is 0 Å². The van der Waals surface area contributed by atoms with Crippen molar-refractivity contribution in [1.82, 2.24) is 4.98 Å². The predicted molar refractivity (Wildman–Crippen MR) is 122 cm³/mol. The Bertz CT molecular complexity index is 1140. The highest BCUT2D eigenvalue weighted by atomic mass is 35.5. The third kappa shape index (κ3) is 4.68. The molecule has 0 spiro atoms. The predicted octanol–water partition coefficient (Wildman–Crippen LogP) is 5.27. The minimum Gasteiger partial charge on any atom is -0.495 e. The highest BCUT2D eigenvalue weighted by Crippen LogP contribution is 2.40. The van der Waals surface area contributed by atoms with E-state index in [1.165, 1.54) is 18.9 Å². The van der Waals surface area contributed by atoms with Crippen LogP contribution in [0.4, 0.5) is 11.4 Å². The zero-order chi connectivity index (χ0) is 21.8. The van der Waals surface area contributed by atoms with Crippen molar-refractivity contribution >= 4 is 46.6 Å². The van der Waals surface area contributed by atoms with E-state index in [-0.39, 0.29) is 18.2 Å². The summed E-state index contributed by atoms with van der Waals surface area (Å²) < 4.78 is 5.27. The van der Waals surface area contributed by atoms with Crippen molar-refractivity contribution in [3.8, 4) is 5.75 Å². The fourth-order valence-corrected chi connectivity index (χ4v) is 4.56. The van der Waals surface area contributed by atoms with Gasteiger partial charge in [-0.05, 0) is 48.9 Å². The molecular weight excluding hydrogens is 434 g/mol. The van der Waals surface area contributed by atoms with Crippen molar-refractivity contribution in [1.29, 1.82) is 0 Å². The van der Waals surface area contributed by atoms with Gasteiger partial charge in [0.05, 0.1) is 24.0 Å². The van der Waals surface area contributed by atoms with Crippen LogP contribution in [0.1, 0.15) is 23.2 Å². The number of ether oxygens (including phenoxy) is 1. The van der Waals surface area contributed by atoms with Gasteiger partial charge in [0.15, 0.2) is 0 Å². The monoisotopic (exact) mass is 453 g/mol. The van der Waals surface area contributed by atoms with Crippen molar-refractivity contribution in [2.75, 3.05) is 23.9 Å². The maximum absolute atomic E-state index is 13.2. The number of anilines is 2. The van der Waals surface area contributed by atoms with Crippen LogP contribution in [0, 0.1) is 0 Å². The van der Waals surface area contributed by atoms with E-state index in [2.05, 4.69) is 10.3 Å². The first-order valence-electron chi connectivity index (χ1n) is 9.74. The van der Waals surface area contributed by atoms with Crippen LogP contribution >= 0.6 is 23.4 Å². The average Bonchev–Trinajstić information content (AvgIpc) is 2.89. The molecule has 0 aliphatic carbocycles. The van der Waals surface area contributed by atoms with E-state index in [0.717, 1.165) is 10.6 Å². The maximum Gasteiger partial charge on any atom is 0.261 e. The summed E-state index contributed by atoms with van der Waals surface area (Å²) >= 11 is 7.50. The Morgan fingerprint density at radius 2 is 2.03 bits per heavy atom. The summed E-state index contributed by atoms with van der Waals surface area (Å²) in [5.41, 5.74) is 1.91. The number of hydrogen-bond acceptors (Lipinski definition) is 5. The SMILES string of the molecule is COc1ccc(Cl)cc1NC(=O)CCCN1C(=O)c2cccnc2Sc2ccccc21. The number of carbonyl (C=O) groups excluding carboxylic acids is 2. The Labute approximate surface area is 189 Å².